The van der Waals surface area contributed by atoms with E-state index in [4.69, 9.17) is 16.3 Å². The van der Waals surface area contributed by atoms with Crippen LogP contribution in [0.15, 0.2) is 22.7 Å². The van der Waals surface area contributed by atoms with Gasteiger partial charge in [0.05, 0.1) is 28.7 Å². The van der Waals surface area contributed by atoms with E-state index in [2.05, 4.69) is 38.5 Å². The van der Waals surface area contributed by atoms with Gasteiger partial charge in [-0.3, -0.25) is 0 Å². The highest BCUT2D eigenvalue weighted by Gasteiger charge is 2.11. The fourth-order valence-corrected chi connectivity index (χ4v) is 2.71. The minimum Gasteiger partial charge on any atom is -0.383 e. The number of halogens is 2. The van der Waals surface area contributed by atoms with Gasteiger partial charge in [-0.2, -0.15) is 5.10 Å². The van der Waals surface area contributed by atoms with Crippen LogP contribution in [0.2, 0.25) is 5.02 Å². The number of methoxy groups -OCH3 is 1. The number of rotatable bonds is 6. The van der Waals surface area contributed by atoms with Crippen molar-refractivity contribution in [2.45, 2.75) is 20.4 Å². The highest BCUT2D eigenvalue weighted by molar-refractivity contribution is 9.10. The molecule has 1 aromatic heterocycles. The van der Waals surface area contributed by atoms with Crippen LogP contribution in [-0.2, 0) is 11.3 Å². The van der Waals surface area contributed by atoms with Gasteiger partial charge in [0.15, 0.2) is 0 Å². The Morgan fingerprint density at radius 2 is 2.14 bits per heavy atom. The number of ether oxygens (including phenoxy) is 1. The smallest absolute Gasteiger partial charge is 0.0848 e. The van der Waals surface area contributed by atoms with E-state index in [9.17, 15) is 0 Å². The van der Waals surface area contributed by atoms with Gasteiger partial charge < -0.3 is 10.1 Å². The van der Waals surface area contributed by atoms with Crippen molar-refractivity contribution in [3.05, 3.63) is 44.6 Å². The van der Waals surface area contributed by atoms with Crippen LogP contribution < -0.4 is 5.32 Å². The molecule has 0 fully saturated rings. The van der Waals surface area contributed by atoms with E-state index in [0.717, 1.165) is 39.7 Å². The van der Waals surface area contributed by atoms with Gasteiger partial charge in [-0.15, -0.1) is 0 Å². The van der Waals surface area contributed by atoms with Gasteiger partial charge in [0.25, 0.3) is 0 Å². The highest BCUT2D eigenvalue weighted by Crippen LogP contribution is 2.25. The molecule has 21 heavy (non-hydrogen) atoms. The SMILES string of the molecule is COCCNCc1ccc(-n2nc(C)c(Cl)c2C)cc1Br. The quantitative estimate of drug-likeness (QED) is 0.787. The van der Waals surface area contributed by atoms with Crippen molar-refractivity contribution in [2.75, 3.05) is 20.3 Å². The van der Waals surface area contributed by atoms with Crippen LogP contribution >= 0.6 is 27.5 Å². The third kappa shape index (κ3) is 3.86. The van der Waals surface area contributed by atoms with Crippen molar-refractivity contribution in [1.29, 1.82) is 0 Å². The van der Waals surface area contributed by atoms with Crippen molar-refractivity contribution in [3.63, 3.8) is 0 Å². The van der Waals surface area contributed by atoms with E-state index in [0.29, 0.717) is 6.61 Å². The molecule has 0 saturated carbocycles. The molecular formula is C15H19BrClN3O. The first-order valence-electron chi connectivity index (χ1n) is 6.74. The number of hydrogen-bond donors (Lipinski definition) is 1. The third-order valence-electron chi connectivity index (χ3n) is 3.28. The summed E-state index contributed by atoms with van der Waals surface area (Å²) in [7, 11) is 1.70. The van der Waals surface area contributed by atoms with Crippen LogP contribution in [0.1, 0.15) is 17.0 Å². The Bertz CT molecular complexity index is 628. The topological polar surface area (TPSA) is 39.1 Å². The molecule has 1 N–H and O–H groups in total. The van der Waals surface area contributed by atoms with Gasteiger partial charge in [0, 0.05) is 24.7 Å². The lowest BCUT2D eigenvalue weighted by atomic mass is 10.2. The lowest BCUT2D eigenvalue weighted by Crippen LogP contribution is -2.18. The van der Waals surface area contributed by atoms with Gasteiger partial charge in [0.1, 0.15) is 0 Å². The Hall–Kier alpha value is -0.880. The summed E-state index contributed by atoms with van der Waals surface area (Å²) in [6, 6.07) is 6.19. The molecule has 4 nitrogen and oxygen atoms in total. The summed E-state index contributed by atoms with van der Waals surface area (Å²) in [5.41, 5.74) is 3.99. The van der Waals surface area contributed by atoms with Crippen LogP contribution in [0, 0.1) is 13.8 Å². The maximum absolute atomic E-state index is 6.20. The molecule has 0 aliphatic heterocycles. The monoisotopic (exact) mass is 371 g/mol. The highest BCUT2D eigenvalue weighted by atomic mass is 79.9. The maximum Gasteiger partial charge on any atom is 0.0848 e. The first-order valence-corrected chi connectivity index (χ1v) is 7.92. The largest absolute Gasteiger partial charge is 0.383 e. The van der Waals surface area contributed by atoms with E-state index < -0.39 is 0 Å². The molecule has 0 bridgehead atoms. The summed E-state index contributed by atoms with van der Waals surface area (Å²) in [6.07, 6.45) is 0. The Kier molecular flexibility index (Phi) is 5.81. The van der Waals surface area contributed by atoms with Crippen molar-refractivity contribution >= 4 is 27.5 Å². The molecule has 114 valence electrons. The molecule has 0 aliphatic carbocycles. The molecule has 0 amide bonds. The fourth-order valence-electron chi connectivity index (χ4n) is 2.08. The number of nitrogens with zero attached hydrogens (tertiary/aromatic N) is 2. The number of hydrogen-bond acceptors (Lipinski definition) is 3. The predicted octanol–water partition coefficient (Wildman–Crippen LogP) is 3.64. The number of aromatic nitrogens is 2. The van der Waals surface area contributed by atoms with Crippen molar-refractivity contribution < 1.29 is 4.74 Å². The van der Waals surface area contributed by atoms with Crippen molar-refractivity contribution in [1.82, 2.24) is 15.1 Å². The summed E-state index contributed by atoms with van der Waals surface area (Å²) in [5, 5.41) is 8.52. The minimum atomic E-state index is 0.708. The van der Waals surface area contributed by atoms with E-state index in [1.54, 1.807) is 7.11 Å². The summed E-state index contributed by atoms with van der Waals surface area (Å²) in [6.45, 7) is 6.21. The van der Waals surface area contributed by atoms with Crippen LogP contribution in [0.3, 0.4) is 0 Å². The molecule has 1 aromatic carbocycles. The van der Waals surface area contributed by atoms with Gasteiger partial charge >= 0.3 is 0 Å². The van der Waals surface area contributed by atoms with Gasteiger partial charge in [-0.05, 0) is 31.5 Å². The molecule has 0 aliphatic rings. The Balaban J connectivity index is 2.16. The van der Waals surface area contributed by atoms with Crippen LogP contribution in [0.25, 0.3) is 5.69 Å². The molecule has 0 saturated heterocycles. The molecule has 6 heteroatoms. The Morgan fingerprint density at radius 1 is 1.38 bits per heavy atom. The molecule has 2 rings (SSSR count). The second-order valence-corrected chi connectivity index (χ2v) is 6.07. The lowest BCUT2D eigenvalue weighted by Gasteiger charge is -2.10. The van der Waals surface area contributed by atoms with Crippen molar-refractivity contribution in [3.8, 4) is 5.69 Å². The lowest BCUT2D eigenvalue weighted by molar-refractivity contribution is 0.199. The minimum absolute atomic E-state index is 0.708. The zero-order valence-electron chi connectivity index (χ0n) is 12.4. The standard InChI is InChI=1S/C15H19BrClN3O/c1-10-15(17)11(2)20(19-10)13-5-4-12(14(16)8-13)9-18-6-7-21-3/h4-5,8,18H,6-7,9H2,1-3H3. The first kappa shape index (κ1) is 16.5. The number of benzene rings is 1. The summed E-state index contributed by atoms with van der Waals surface area (Å²) in [4.78, 5) is 0. The average molecular weight is 373 g/mol. The Labute approximate surface area is 138 Å². The zero-order chi connectivity index (χ0) is 15.4. The van der Waals surface area contributed by atoms with Crippen LogP contribution in [0.4, 0.5) is 0 Å². The normalized spacial score (nSPS) is 11.1. The van der Waals surface area contributed by atoms with Gasteiger partial charge in [-0.25, -0.2) is 4.68 Å². The average Bonchev–Trinajstić information content (AvgIpc) is 2.72. The molecule has 1 heterocycles. The van der Waals surface area contributed by atoms with Crippen LogP contribution in [-0.4, -0.2) is 30.0 Å². The third-order valence-corrected chi connectivity index (χ3v) is 4.57. The second kappa shape index (κ2) is 7.40. The number of aryl methyl sites for hydroxylation is 1. The first-order chi connectivity index (χ1) is 10.0. The summed E-state index contributed by atoms with van der Waals surface area (Å²) in [5.74, 6) is 0. The van der Waals surface area contributed by atoms with E-state index in [1.807, 2.05) is 24.6 Å². The summed E-state index contributed by atoms with van der Waals surface area (Å²) < 4.78 is 7.93. The van der Waals surface area contributed by atoms with Crippen LogP contribution in [0.5, 0.6) is 0 Å². The predicted molar refractivity (Wildman–Crippen MR) is 89.3 cm³/mol. The maximum atomic E-state index is 6.20. The molecule has 0 radical (unpaired) electrons. The molecular weight excluding hydrogens is 354 g/mol. The van der Waals surface area contributed by atoms with E-state index >= 15 is 0 Å². The molecule has 0 atom stereocenters. The van der Waals surface area contributed by atoms with E-state index in [1.165, 1.54) is 5.56 Å². The Morgan fingerprint density at radius 3 is 2.71 bits per heavy atom. The van der Waals surface area contributed by atoms with Gasteiger partial charge in [0.2, 0.25) is 0 Å². The molecule has 0 spiro atoms. The number of nitrogens with one attached hydrogen (secondary N) is 1. The molecule has 2 aromatic rings. The van der Waals surface area contributed by atoms with Crippen molar-refractivity contribution in [2.24, 2.45) is 0 Å². The van der Waals surface area contributed by atoms with Gasteiger partial charge in [-0.1, -0.05) is 33.6 Å². The van der Waals surface area contributed by atoms with E-state index in [-0.39, 0.29) is 0 Å². The summed E-state index contributed by atoms with van der Waals surface area (Å²) >= 11 is 9.82. The zero-order valence-corrected chi connectivity index (χ0v) is 14.8. The second-order valence-electron chi connectivity index (χ2n) is 4.84. The molecule has 0 unspecified atom stereocenters. The fraction of sp³-hybridized carbons (Fsp3) is 0.400.